The van der Waals surface area contributed by atoms with Crippen molar-refractivity contribution in [2.24, 2.45) is 0 Å². The second-order valence-electron chi connectivity index (χ2n) is 2.72. The molecule has 0 atom stereocenters. The maximum Gasteiger partial charge on any atom is 1.00 e. The molecule has 0 spiro atoms. The average molecular weight is 383 g/mol. The number of hydrogen-bond donors (Lipinski definition) is 12. The molecule has 0 aliphatic carbocycles. The molecule has 0 unspecified atom stereocenters. The zero-order chi connectivity index (χ0) is 20.3. The summed E-state index contributed by atoms with van der Waals surface area (Å²) in [5, 5.41) is 86.0. The van der Waals surface area contributed by atoms with Crippen molar-refractivity contribution < 1.29 is 98.6 Å². The van der Waals surface area contributed by atoms with Crippen LogP contribution in [0.3, 0.4) is 0 Å². The predicted octanol–water partition coefficient (Wildman–Crippen LogP) is -9.44. The van der Waals surface area contributed by atoms with Crippen LogP contribution in [0, 0.1) is 17.7 Å². The van der Waals surface area contributed by atoms with Gasteiger partial charge in [0.25, 0.3) is 0 Å². The molecule has 1 rings (SSSR count). The first kappa shape index (κ1) is 35.9. The molecule has 0 amide bonds. The van der Waals surface area contributed by atoms with Gasteiger partial charge in [0.2, 0.25) is 0 Å². The first-order valence-corrected chi connectivity index (χ1v) is 5.22. The quantitative estimate of drug-likeness (QED) is 0.147. The summed E-state index contributed by atoms with van der Waals surface area (Å²) in [4.78, 5) is 0. The molecular weight excluding hydrogens is 368 g/mol. The third-order valence-corrected chi connectivity index (χ3v) is 0.759. The molecule has 25 heavy (non-hydrogen) atoms. The van der Waals surface area contributed by atoms with Gasteiger partial charge in [0.05, 0.1) is 0 Å². The van der Waals surface area contributed by atoms with Crippen LogP contribution in [0.2, 0.25) is 0 Å². The Morgan fingerprint density at radius 3 is 1.00 bits per heavy atom. The summed E-state index contributed by atoms with van der Waals surface area (Å²) in [5.41, 5.74) is 0. The van der Waals surface area contributed by atoms with E-state index in [1.807, 2.05) is 0 Å². The van der Waals surface area contributed by atoms with Crippen LogP contribution in [0.5, 0.6) is 0 Å². The Morgan fingerprint density at radius 2 is 0.880 bits per heavy atom. The zero-order valence-corrected chi connectivity index (χ0v) is 14.7. The smallest absolute Gasteiger partial charge is 0.402 e. The predicted molar refractivity (Wildman–Crippen MR) is 74.8 cm³/mol. The Balaban J connectivity index is -0.0000000695. The summed E-state index contributed by atoms with van der Waals surface area (Å²) < 4.78 is 23.8. The maximum absolute atomic E-state index is 11.9. The van der Waals surface area contributed by atoms with Crippen molar-refractivity contribution in [2.75, 3.05) is 0 Å². The molecule has 1 aromatic rings. The van der Waals surface area contributed by atoms with Gasteiger partial charge in [-0.05, 0) is 0 Å². The fraction of sp³-hybridized carbons (Fsp3) is 0. The van der Waals surface area contributed by atoms with Gasteiger partial charge in [-0.25, -0.2) is 4.39 Å². The van der Waals surface area contributed by atoms with Crippen molar-refractivity contribution in [3.63, 3.8) is 0 Å². The van der Waals surface area contributed by atoms with Crippen LogP contribution in [0.1, 0.15) is 0 Å². The first-order valence-electron chi connectivity index (χ1n) is 5.22. The summed E-state index contributed by atoms with van der Waals surface area (Å²) in [6.45, 7) is 0. The van der Waals surface area contributed by atoms with Gasteiger partial charge in [-0.15, -0.1) is 12.1 Å². The monoisotopic (exact) mass is 384 g/mol. The Labute approximate surface area is 163 Å². The molecular formula is C6H15B4F2NaO12. The summed E-state index contributed by atoms with van der Waals surface area (Å²) >= 11 is 0. The zero-order valence-electron chi connectivity index (χ0n) is 12.7. The van der Waals surface area contributed by atoms with Crippen LogP contribution in [-0.2, 0) is 0 Å². The van der Waals surface area contributed by atoms with Gasteiger partial charge in [-0.3, -0.25) is 4.39 Å². The summed E-state index contributed by atoms with van der Waals surface area (Å²) in [5.74, 6) is -1.78. The van der Waals surface area contributed by atoms with Gasteiger partial charge in [0.1, 0.15) is 0 Å². The van der Waals surface area contributed by atoms with Crippen molar-refractivity contribution in [3.05, 3.63) is 35.9 Å². The number of hydrogen-bond acceptors (Lipinski definition) is 12. The summed E-state index contributed by atoms with van der Waals surface area (Å²) in [7, 11) is -8.67. The second kappa shape index (κ2) is 26.1. The minimum absolute atomic E-state index is 0. The molecule has 0 heterocycles. The van der Waals surface area contributed by atoms with E-state index in [-0.39, 0.29) is 29.6 Å². The molecule has 0 radical (unpaired) electrons. The Kier molecular flexibility index (Phi) is 37.5. The SMILES string of the molecule is Fc1[c-]cccc1F.OB(O)O.OB(O)O.OB(O)O.OB(O)O.[Na+]. The largest absolute Gasteiger partial charge is 1.00 e. The molecule has 12 N–H and O–H groups in total. The van der Waals surface area contributed by atoms with Crippen molar-refractivity contribution in [1.82, 2.24) is 0 Å². The van der Waals surface area contributed by atoms with Gasteiger partial charge >= 0.3 is 58.8 Å². The fourth-order valence-electron chi connectivity index (χ4n) is 0.396. The molecule has 1 aromatic carbocycles. The second-order valence-corrected chi connectivity index (χ2v) is 2.72. The normalized spacial score (nSPS) is 7.28. The number of benzene rings is 1. The van der Waals surface area contributed by atoms with Crippen LogP contribution < -0.4 is 29.6 Å². The minimum atomic E-state index is -2.17. The molecule has 0 aliphatic rings. The third-order valence-electron chi connectivity index (χ3n) is 0.759. The van der Waals surface area contributed by atoms with E-state index in [1.54, 1.807) is 0 Å². The molecule has 0 fully saturated rings. The van der Waals surface area contributed by atoms with Crippen molar-refractivity contribution in [3.8, 4) is 0 Å². The van der Waals surface area contributed by atoms with E-state index in [0.29, 0.717) is 0 Å². The summed E-state index contributed by atoms with van der Waals surface area (Å²) in [6, 6.07) is 5.81. The fourth-order valence-corrected chi connectivity index (χ4v) is 0.396. The van der Waals surface area contributed by atoms with Gasteiger partial charge in [-0.2, -0.15) is 12.1 Å². The van der Waals surface area contributed by atoms with Crippen LogP contribution in [0.4, 0.5) is 8.78 Å². The molecule has 0 saturated carbocycles. The van der Waals surface area contributed by atoms with Crippen LogP contribution in [0.15, 0.2) is 18.2 Å². The van der Waals surface area contributed by atoms with Crippen molar-refractivity contribution >= 4 is 29.3 Å². The third kappa shape index (κ3) is 96.7. The molecule has 12 nitrogen and oxygen atoms in total. The Morgan fingerprint density at radius 1 is 0.640 bits per heavy atom. The molecule has 138 valence electrons. The Bertz CT molecular complexity index is 310. The molecule has 0 saturated heterocycles. The molecule has 0 aromatic heterocycles. The maximum atomic E-state index is 11.9. The first-order chi connectivity index (χ1) is 10.7. The van der Waals surface area contributed by atoms with E-state index in [0.717, 1.165) is 6.07 Å². The number of halogens is 2. The van der Waals surface area contributed by atoms with E-state index in [9.17, 15) is 8.78 Å². The van der Waals surface area contributed by atoms with Crippen molar-refractivity contribution in [2.45, 2.75) is 0 Å². The summed E-state index contributed by atoms with van der Waals surface area (Å²) in [6.07, 6.45) is 0. The van der Waals surface area contributed by atoms with Crippen LogP contribution in [-0.4, -0.2) is 89.6 Å². The number of rotatable bonds is 0. The molecule has 0 bridgehead atoms. The van der Waals surface area contributed by atoms with Gasteiger partial charge in [0.15, 0.2) is 0 Å². The van der Waals surface area contributed by atoms with Gasteiger partial charge in [0, 0.05) is 11.6 Å². The van der Waals surface area contributed by atoms with Crippen molar-refractivity contribution in [1.29, 1.82) is 0 Å². The van der Waals surface area contributed by atoms with Crippen LogP contribution >= 0.6 is 0 Å². The van der Waals surface area contributed by atoms with E-state index < -0.39 is 40.9 Å². The topological polar surface area (TPSA) is 243 Å². The van der Waals surface area contributed by atoms with Gasteiger partial charge in [-0.1, -0.05) is 0 Å². The minimum Gasteiger partial charge on any atom is -0.402 e. The van der Waals surface area contributed by atoms with E-state index in [1.165, 1.54) is 12.1 Å². The van der Waals surface area contributed by atoms with Crippen LogP contribution in [0.25, 0.3) is 0 Å². The van der Waals surface area contributed by atoms with E-state index in [4.69, 9.17) is 60.3 Å². The average Bonchev–Trinajstić information content (AvgIpc) is 2.30. The van der Waals surface area contributed by atoms with E-state index >= 15 is 0 Å². The van der Waals surface area contributed by atoms with E-state index in [2.05, 4.69) is 6.07 Å². The molecule has 0 aliphatic heterocycles. The molecule has 19 heteroatoms. The van der Waals surface area contributed by atoms with Gasteiger partial charge < -0.3 is 60.3 Å². The Hall–Kier alpha value is -0.140. The standard InChI is InChI=1S/C6H3F2.4BH3O3.Na/c7-5-3-1-2-4-6(5)8;4*2-1(3)4;/h1-3H;4*2-4H;/q-1;;;;;+1.